The molecule has 0 radical (unpaired) electrons. The first-order valence-corrected chi connectivity index (χ1v) is 11.0. The number of rotatable bonds is 9. The van der Waals surface area contributed by atoms with Crippen molar-refractivity contribution in [2.45, 2.75) is 37.1 Å². The van der Waals surface area contributed by atoms with Gasteiger partial charge in [-0.05, 0) is 37.6 Å². The molecule has 0 spiro atoms. The highest BCUT2D eigenvalue weighted by Crippen LogP contribution is 2.36. The van der Waals surface area contributed by atoms with Gasteiger partial charge in [0.2, 0.25) is 0 Å². The first-order valence-electron chi connectivity index (χ1n) is 9.77. The lowest BCUT2D eigenvalue weighted by Crippen LogP contribution is -2.21. The molecule has 0 aliphatic carbocycles. The number of hydrogen-bond donors (Lipinski definition) is 0. The van der Waals surface area contributed by atoms with Gasteiger partial charge < -0.3 is 9.47 Å². The summed E-state index contributed by atoms with van der Waals surface area (Å²) in [6, 6.07) is 15.1. The summed E-state index contributed by atoms with van der Waals surface area (Å²) in [5.74, 6) is 0.987. The van der Waals surface area contributed by atoms with E-state index in [1.54, 1.807) is 14.0 Å². The highest BCUT2D eigenvalue weighted by atomic mass is 35.5. The first kappa shape index (κ1) is 22.2. The van der Waals surface area contributed by atoms with Crippen LogP contribution >= 0.6 is 23.4 Å². The molecular weight excluding hydrogens is 422 g/mol. The Morgan fingerprint density at radius 3 is 2.57 bits per heavy atom. The predicted molar refractivity (Wildman–Crippen MR) is 120 cm³/mol. The molecule has 158 valence electrons. The summed E-state index contributed by atoms with van der Waals surface area (Å²) in [4.78, 5) is 12.5. The van der Waals surface area contributed by atoms with Crippen molar-refractivity contribution in [3.8, 4) is 22.8 Å². The standard InChI is InChI=1S/C22H24ClN3O3S/c1-4-10-19(21(27)29-5-2)30-22-25-24-20(15-11-6-7-12-16(15)23)26(22)17-13-8-9-14-18(17)28-3/h6-9,11-14,19H,4-5,10H2,1-3H3/t19-/m0/s1. The monoisotopic (exact) mass is 445 g/mol. The Morgan fingerprint density at radius 2 is 1.87 bits per heavy atom. The molecule has 6 nitrogen and oxygen atoms in total. The summed E-state index contributed by atoms with van der Waals surface area (Å²) >= 11 is 7.79. The number of para-hydroxylation sites is 2. The van der Waals surface area contributed by atoms with Gasteiger partial charge in [0.05, 0.1) is 24.4 Å². The molecule has 3 rings (SSSR count). The van der Waals surface area contributed by atoms with Gasteiger partial charge in [0, 0.05) is 5.56 Å². The molecule has 30 heavy (non-hydrogen) atoms. The minimum atomic E-state index is -0.383. The lowest BCUT2D eigenvalue weighted by atomic mass is 10.2. The third-order valence-electron chi connectivity index (χ3n) is 4.42. The van der Waals surface area contributed by atoms with Crippen LogP contribution in [0.5, 0.6) is 5.75 Å². The Morgan fingerprint density at radius 1 is 1.13 bits per heavy atom. The molecule has 0 saturated carbocycles. The van der Waals surface area contributed by atoms with Crippen molar-refractivity contribution < 1.29 is 14.3 Å². The number of carbonyl (C=O) groups excluding carboxylic acids is 1. The lowest BCUT2D eigenvalue weighted by Gasteiger charge is -2.17. The number of nitrogens with zero attached hydrogens (tertiary/aromatic N) is 3. The van der Waals surface area contributed by atoms with E-state index in [9.17, 15) is 4.79 Å². The van der Waals surface area contributed by atoms with Crippen molar-refractivity contribution in [3.63, 3.8) is 0 Å². The number of thioether (sulfide) groups is 1. The minimum absolute atomic E-state index is 0.252. The van der Waals surface area contributed by atoms with Crippen LogP contribution in [-0.2, 0) is 9.53 Å². The molecule has 0 aliphatic heterocycles. The molecule has 0 fully saturated rings. The van der Waals surface area contributed by atoms with E-state index in [0.717, 1.165) is 17.7 Å². The van der Waals surface area contributed by atoms with Crippen LogP contribution in [-0.4, -0.2) is 39.7 Å². The molecule has 2 aromatic carbocycles. The third-order valence-corrected chi connectivity index (χ3v) is 5.94. The lowest BCUT2D eigenvalue weighted by molar-refractivity contribution is -0.142. The molecular formula is C22H24ClN3O3S. The fourth-order valence-electron chi connectivity index (χ4n) is 3.04. The zero-order valence-corrected chi connectivity index (χ0v) is 18.7. The number of hydrogen-bond acceptors (Lipinski definition) is 6. The van der Waals surface area contributed by atoms with Gasteiger partial charge in [0.1, 0.15) is 11.0 Å². The largest absolute Gasteiger partial charge is 0.495 e. The average molecular weight is 446 g/mol. The van der Waals surface area contributed by atoms with Gasteiger partial charge in [-0.3, -0.25) is 9.36 Å². The molecule has 0 aliphatic rings. The molecule has 0 saturated heterocycles. The predicted octanol–water partition coefficient (Wildman–Crippen LogP) is 5.42. The minimum Gasteiger partial charge on any atom is -0.495 e. The maximum atomic E-state index is 12.5. The molecule has 1 aromatic heterocycles. The zero-order chi connectivity index (χ0) is 21.5. The SMILES string of the molecule is CCC[C@H](Sc1nnc(-c2ccccc2Cl)n1-c1ccccc1OC)C(=O)OCC. The molecule has 0 bridgehead atoms. The maximum absolute atomic E-state index is 12.5. The van der Waals surface area contributed by atoms with Gasteiger partial charge >= 0.3 is 5.97 Å². The Hall–Kier alpha value is -2.51. The Labute approximate surface area is 185 Å². The van der Waals surface area contributed by atoms with Crippen LogP contribution in [0.15, 0.2) is 53.7 Å². The van der Waals surface area contributed by atoms with E-state index >= 15 is 0 Å². The topological polar surface area (TPSA) is 66.2 Å². The molecule has 0 N–H and O–H groups in total. The zero-order valence-electron chi connectivity index (χ0n) is 17.2. The Balaban J connectivity index is 2.14. The Kier molecular flexibility index (Phi) is 7.76. The summed E-state index contributed by atoms with van der Waals surface area (Å²) in [6.45, 7) is 4.18. The van der Waals surface area contributed by atoms with E-state index in [0.29, 0.717) is 34.8 Å². The van der Waals surface area contributed by atoms with Crippen molar-refractivity contribution in [3.05, 3.63) is 53.6 Å². The van der Waals surface area contributed by atoms with Crippen molar-refractivity contribution in [1.29, 1.82) is 0 Å². The molecule has 0 unspecified atom stereocenters. The number of esters is 1. The van der Waals surface area contributed by atoms with Crippen molar-refractivity contribution in [2.24, 2.45) is 0 Å². The number of aromatic nitrogens is 3. The second-order valence-electron chi connectivity index (χ2n) is 6.44. The quantitative estimate of drug-likeness (QED) is 0.323. The van der Waals surface area contributed by atoms with Crippen LogP contribution in [0, 0.1) is 0 Å². The number of halogens is 1. The van der Waals surface area contributed by atoms with E-state index in [1.807, 2.05) is 60.0 Å². The maximum Gasteiger partial charge on any atom is 0.319 e. The van der Waals surface area contributed by atoms with Crippen LogP contribution in [0.3, 0.4) is 0 Å². The van der Waals surface area contributed by atoms with E-state index < -0.39 is 0 Å². The first-order chi connectivity index (χ1) is 14.6. The van der Waals surface area contributed by atoms with Crippen LogP contribution in [0.1, 0.15) is 26.7 Å². The molecule has 0 amide bonds. The second kappa shape index (κ2) is 10.5. The summed E-state index contributed by atoms with van der Waals surface area (Å²) in [5.41, 5.74) is 1.51. The van der Waals surface area contributed by atoms with Crippen LogP contribution < -0.4 is 4.74 Å². The second-order valence-corrected chi connectivity index (χ2v) is 8.02. The van der Waals surface area contributed by atoms with Gasteiger partial charge in [-0.1, -0.05) is 61.0 Å². The van der Waals surface area contributed by atoms with E-state index in [-0.39, 0.29) is 11.2 Å². The average Bonchev–Trinajstić information content (AvgIpc) is 3.17. The molecule has 1 atom stereocenters. The summed E-state index contributed by atoms with van der Waals surface area (Å²) in [6.07, 6.45) is 1.51. The van der Waals surface area contributed by atoms with Gasteiger partial charge in [-0.15, -0.1) is 10.2 Å². The van der Waals surface area contributed by atoms with Gasteiger partial charge in [-0.25, -0.2) is 0 Å². The fourth-order valence-corrected chi connectivity index (χ4v) is 4.42. The Bertz CT molecular complexity index is 1010. The third kappa shape index (κ3) is 4.79. The summed E-state index contributed by atoms with van der Waals surface area (Å²) in [7, 11) is 1.61. The van der Waals surface area contributed by atoms with E-state index in [4.69, 9.17) is 21.1 Å². The number of ether oxygens (including phenoxy) is 2. The highest BCUT2D eigenvalue weighted by Gasteiger charge is 2.26. The van der Waals surface area contributed by atoms with Crippen molar-refractivity contribution in [2.75, 3.05) is 13.7 Å². The summed E-state index contributed by atoms with van der Waals surface area (Å²) < 4.78 is 12.7. The van der Waals surface area contributed by atoms with E-state index in [1.165, 1.54) is 11.8 Å². The highest BCUT2D eigenvalue weighted by molar-refractivity contribution is 8.00. The number of benzene rings is 2. The van der Waals surface area contributed by atoms with Crippen LogP contribution in [0.4, 0.5) is 0 Å². The van der Waals surface area contributed by atoms with Gasteiger partial charge in [0.15, 0.2) is 11.0 Å². The number of methoxy groups -OCH3 is 1. The fraction of sp³-hybridized carbons (Fsp3) is 0.318. The number of carbonyl (C=O) groups is 1. The van der Waals surface area contributed by atoms with Crippen molar-refractivity contribution in [1.82, 2.24) is 14.8 Å². The van der Waals surface area contributed by atoms with Crippen molar-refractivity contribution >= 4 is 29.3 Å². The molecule has 1 heterocycles. The van der Waals surface area contributed by atoms with Crippen LogP contribution in [0.2, 0.25) is 5.02 Å². The van der Waals surface area contributed by atoms with Crippen LogP contribution in [0.25, 0.3) is 17.1 Å². The van der Waals surface area contributed by atoms with Gasteiger partial charge in [-0.2, -0.15) is 0 Å². The van der Waals surface area contributed by atoms with E-state index in [2.05, 4.69) is 10.2 Å². The normalized spacial score (nSPS) is 11.9. The summed E-state index contributed by atoms with van der Waals surface area (Å²) in [5, 5.41) is 9.57. The molecule has 3 aromatic rings. The smallest absolute Gasteiger partial charge is 0.319 e. The molecule has 8 heteroatoms. The van der Waals surface area contributed by atoms with Gasteiger partial charge in [0.25, 0.3) is 0 Å².